The van der Waals surface area contributed by atoms with Crippen LogP contribution in [-0.4, -0.2) is 60.7 Å². The first-order valence-electron chi connectivity index (χ1n) is 7.78. The van der Waals surface area contributed by atoms with E-state index in [0.717, 1.165) is 13.1 Å². The molecule has 1 saturated heterocycles. The summed E-state index contributed by atoms with van der Waals surface area (Å²) in [7, 11) is 1.71. The van der Waals surface area contributed by atoms with Crippen LogP contribution in [-0.2, 0) is 4.74 Å². The lowest BCUT2D eigenvalue weighted by Gasteiger charge is -2.24. The van der Waals surface area contributed by atoms with E-state index in [4.69, 9.17) is 10.5 Å². The summed E-state index contributed by atoms with van der Waals surface area (Å²) < 4.78 is 5.29. The molecule has 1 aliphatic heterocycles. The van der Waals surface area contributed by atoms with Crippen LogP contribution >= 0.6 is 24.0 Å². The van der Waals surface area contributed by atoms with Crippen molar-refractivity contribution in [1.82, 2.24) is 9.80 Å². The molecule has 2 N–H and O–H groups in total. The third kappa shape index (κ3) is 8.65. The number of likely N-dealkylation sites (tertiary alicyclic amines) is 1. The number of nitrogens with two attached hydrogens (primary N) is 1. The molecule has 7 heteroatoms. The molecule has 1 rings (SSSR count). The maximum Gasteiger partial charge on any atom is 0.410 e. The molecule has 0 aromatic carbocycles. The van der Waals surface area contributed by atoms with Gasteiger partial charge in [0.15, 0.2) is 5.96 Å². The number of aliphatic imine (C=N–C) groups is 1. The summed E-state index contributed by atoms with van der Waals surface area (Å²) in [6.45, 7) is 8.53. The summed E-state index contributed by atoms with van der Waals surface area (Å²) in [5, 5.41) is 0. The minimum absolute atomic E-state index is 0. The van der Waals surface area contributed by atoms with Crippen LogP contribution in [0.2, 0.25) is 0 Å². The third-order valence-electron chi connectivity index (χ3n) is 3.34. The maximum atomic E-state index is 11.8. The summed E-state index contributed by atoms with van der Waals surface area (Å²) >= 11 is 0. The summed E-state index contributed by atoms with van der Waals surface area (Å²) in [6, 6.07) is 0. The SMILES string of the molecule is CN(CCN=C(N)N1CCCCCC1)C(=O)OC(C)(C)C.I. The van der Waals surface area contributed by atoms with Crippen molar-refractivity contribution in [3.63, 3.8) is 0 Å². The van der Waals surface area contributed by atoms with Crippen LogP contribution < -0.4 is 5.73 Å². The zero-order chi connectivity index (χ0) is 15.9. The van der Waals surface area contributed by atoms with Gasteiger partial charge in [-0.1, -0.05) is 12.8 Å². The highest BCUT2D eigenvalue weighted by molar-refractivity contribution is 14.0. The minimum Gasteiger partial charge on any atom is -0.444 e. The van der Waals surface area contributed by atoms with Crippen molar-refractivity contribution in [3.8, 4) is 0 Å². The molecule has 0 aliphatic carbocycles. The highest BCUT2D eigenvalue weighted by Crippen LogP contribution is 2.10. The van der Waals surface area contributed by atoms with Crippen LogP contribution in [0.1, 0.15) is 46.5 Å². The lowest BCUT2D eigenvalue weighted by atomic mass is 10.2. The van der Waals surface area contributed by atoms with Crippen molar-refractivity contribution in [1.29, 1.82) is 0 Å². The lowest BCUT2D eigenvalue weighted by molar-refractivity contribution is 0.0304. The van der Waals surface area contributed by atoms with Crippen molar-refractivity contribution < 1.29 is 9.53 Å². The van der Waals surface area contributed by atoms with E-state index in [1.807, 2.05) is 20.8 Å². The molecule has 1 heterocycles. The Balaban J connectivity index is 0.00000441. The fraction of sp³-hybridized carbons (Fsp3) is 0.867. The van der Waals surface area contributed by atoms with Crippen molar-refractivity contribution >= 4 is 36.0 Å². The molecule has 1 fully saturated rings. The summed E-state index contributed by atoms with van der Waals surface area (Å²) in [5.74, 6) is 0.592. The second kappa shape index (κ2) is 10.1. The summed E-state index contributed by atoms with van der Waals surface area (Å²) in [6.07, 6.45) is 4.56. The van der Waals surface area contributed by atoms with Crippen molar-refractivity contribution in [3.05, 3.63) is 0 Å². The van der Waals surface area contributed by atoms with Gasteiger partial charge in [0.1, 0.15) is 5.60 Å². The van der Waals surface area contributed by atoms with Gasteiger partial charge in [-0.25, -0.2) is 4.79 Å². The molecule has 0 aromatic rings. The largest absolute Gasteiger partial charge is 0.444 e. The second-order valence-electron chi connectivity index (χ2n) is 6.54. The Morgan fingerprint density at radius 3 is 2.27 bits per heavy atom. The Bertz CT molecular complexity index is 361. The number of nitrogens with zero attached hydrogens (tertiary/aromatic N) is 3. The van der Waals surface area contributed by atoms with E-state index in [1.165, 1.54) is 30.6 Å². The number of carbonyl (C=O) groups excluding carboxylic acids is 1. The van der Waals surface area contributed by atoms with Crippen molar-refractivity contribution in [2.75, 3.05) is 33.2 Å². The number of carbonyl (C=O) groups is 1. The van der Waals surface area contributed by atoms with E-state index in [2.05, 4.69) is 9.89 Å². The monoisotopic (exact) mass is 426 g/mol. The van der Waals surface area contributed by atoms with Gasteiger partial charge in [0, 0.05) is 26.7 Å². The molecule has 130 valence electrons. The number of halogens is 1. The topological polar surface area (TPSA) is 71.2 Å². The maximum absolute atomic E-state index is 11.8. The van der Waals surface area contributed by atoms with Gasteiger partial charge in [0.2, 0.25) is 0 Å². The molecule has 6 nitrogen and oxygen atoms in total. The van der Waals surface area contributed by atoms with Crippen LogP contribution in [0.4, 0.5) is 4.79 Å². The number of hydrogen-bond donors (Lipinski definition) is 1. The molecule has 0 spiro atoms. The molecule has 22 heavy (non-hydrogen) atoms. The highest BCUT2D eigenvalue weighted by Gasteiger charge is 2.19. The molecule has 1 amide bonds. The fourth-order valence-corrected chi connectivity index (χ4v) is 2.15. The zero-order valence-corrected chi connectivity index (χ0v) is 16.6. The highest BCUT2D eigenvalue weighted by atomic mass is 127. The molecule has 0 saturated carbocycles. The molecule has 0 atom stereocenters. The minimum atomic E-state index is -0.473. The van der Waals surface area contributed by atoms with E-state index in [1.54, 1.807) is 7.05 Å². The Labute approximate surface area is 151 Å². The number of guanidine groups is 1. The Kier molecular flexibility index (Phi) is 9.79. The molecule has 1 aliphatic rings. The van der Waals surface area contributed by atoms with E-state index < -0.39 is 5.60 Å². The number of likely N-dealkylation sites (N-methyl/N-ethyl adjacent to an activating group) is 1. The number of hydrogen-bond acceptors (Lipinski definition) is 3. The zero-order valence-electron chi connectivity index (χ0n) is 14.3. The van der Waals surface area contributed by atoms with Gasteiger partial charge in [-0.15, -0.1) is 24.0 Å². The Hall–Kier alpha value is -0.730. The first-order chi connectivity index (χ1) is 9.79. The predicted molar refractivity (Wildman–Crippen MR) is 101 cm³/mol. The van der Waals surface area contributed by atoms with E-state index >= 15 is 0 Å². The van der Waals surface area contributed by atoms with Gasteiger partial charge in [0.25, 0.3) is 0 Å². The normalized spacial score (nSPS) is 16.5. The molecule has 0 aromatic heterocycles. The third-order valence-corrected chi connectivity index (χ3v) is 3.34. The van der Waals surface area contributed by atoms with Gasteiger partial charge in [0.05, 0.1) is 6.54 Å². The predicted octanol–water partition coefficient (Wildman–Crippen LogP) is 2.66. The molecule has 0 radical (unpaired) electrons. The summed E-state index contributed by atoms with van der Waals surface area (Å²) in [5.41, 5.74) is 5.55. The molecule has 0 bridgehead atoms. The van der Waals surface area contributed by atoms with Gasteiger partial charge in [-0.2, -0.15) is 0 Å². The Morgan fingerprint density at radius 2 is 1.77 bits per heavy atom. The second-order valence-corrected chi connectivity index (χ2v) is 6.54. The van der Waals surface area contributed by atoms with Crippen LogP contribution in [0.15, 0.2) is 4.99 Å². The lowest BCUT2D eigenvalue weighted by Crippen LogP contribution is -2.39. The van der Waals surface area contributed by atoms with E-state index in [-0.39, 0.29) is 30.1 Å². The van der Waals surface area contributed by atoms with E-state index in [9.17, 15) is 4.79 Å². The average molecular weight is 426 g/mol. The number of amides is 1. The van der Waals surface area contributed by atoms with Crippen LogP contribution in [0.25, 0.3) is 0 Å². The van der Waals surface area contributed by atoms with Gasteiger partial charge in [-0.3, -0.25) is 4.99 Å². The standard InChI is InChI=1S/C15H30N4O2.HI/c1-15(2,3)21-14(20)18(4)12-9-17-13(16)19-10-7-5-6-8-11-19;/h5-12H2,1-4H3,(H2,16,17);1H. The van der Waals surface area contributed by atoms with Crippen LogP contribution in [0, 0.1) is 0 Å². The van der Waals surface area contributed by atoms with E-state index in [0.29, 0.717) is 19.0 Å². The molecular weight excluding hydrogens is 395 g/mol. The average Bonchev–Trinajstić information content (AvgIpc) is 2.65. The summed E-state index contributed by atoms with van der Waals surface area (Å²) in [4.78, 5) is 19.8. The van der Waals surface area contributed by atoms with Crippen molar-refractivity contribution in [2.24, 2.45) is 10.7 Å². The first-order valence-corrected chi connectivity index (χ1v) is 7.78. The first kappa shape index (κ1) is 21.3. The van der Waals surface area contributed by atoms with Gasteiger partial charge in [-0.05, 0) is 33.6 Å². The number of rotatable bonds is 3. The quantitative estimate of drug-likeness (QED) is 0.428. The van der Waals surface area contributed by atoms with Crippen molar-refractivity contribution in [2.45, 2.75) is 52.1 Å². The molecular formula is C15H31IN4O2. The van der Waals surface area contributed by atoms with Crippen LogP contribution in [0.5, 0.6) is 0 Å². The van der Waals surface area contributed by atoms with Gasteiger partial charge >= 0.3 is 6.09 Å². The molecule has 0 unspecified atom stereocenters. The van der Waals surface area contributed by atoms with Gasteiger partial charge < -0.3 is 20.3 Å². The van der Waals surface area contributed by atoms with Crippen LogP contribution in [0.3, 0.4) is 0 Å². The fourth-order valence-electron chi connectivity index (χ4n) is 2.15. The smallest absolute Gasteiger partial charge is 0.410 e. The number of ether oxygens (including phenoxy) is 1. The Morgan fingerprint density at radius 1 is 1.23 bits per heavy atom.